The summed E-state index contributed by atoms with van der Waals surface area (Å²) in [6.07, 6.45) is -4.82. The van der Waals surface area contributed by atoms with Crippen LogP contribution < -0.4 is 0 Å². The Balaban J connectivity index is 1.41. The Morgan fingerprint density at radius 2 is 1.09 bits per heavy atom. The maximum Gasteiger partial charge on any atom is 0.187 e. The minimum absolute atomic E-state index is 0.184. The van der Waals surface area contributed by atoms with Gasteiger partial charge >= 0.3 is 0 Å². The Kier molecular flexibility index (Phi) is 8.60. The van der Waals surface area contributed by atoms with E-state index in [-0.39, 0.29) is 19.8 Å². The molecule has 6 nitrogen and oxygen atoms in total. The molecule has 0 amide bonds. The first-order valence-electron chi connectivity index (χ1n) is 11.1. The summed E-state index contributed by atoms with van der Waals surface area (Å²) in [5.41, 5.74) is 2.94. The van der Waals surface area contributed by atoms with Crippen molar-refractivity contribution in [3.8, 4) is 0 Å². The topological polar surface area (TPSA) is 77.4 Å². The third kappa shape index (κ3) is 6.71. The summed E-state index contributed by atoms with van der Waals surface area (Å²) in [6, 6.07) is 29.1. The van der Waals surface area contributed by atoms with Crippen molar-refractivity contribution in [3.63, 3.8) is 0 Å². The molecule has 0 bridgehead atoms. The molecule has 3 aromatic rings. The molecule has 1 aliphatic heterocycles. The van der Waals surface area contributed by atoms with Gasteiger partial charge < -0.3 is 29.2 Å². The largest absolute Gasteiger partial charge is 0.387 e. The molecule has 0 aromatic heterocycles. The predicted octanol–water partition coefficient (Wildman–Crippen LogP) is 3.45. The summed E-state index contributed by atoms with van der Waals surface area (Å²) in [6.45, 7) is 1.12. The normalized spacial score (nSPS) is 25.1. The Labute approximate surface area is 194 Å². The van der Waals surface area contributed by atoms with Gasteiger partial charge in [-0.1, -0.05) is 91.0 Å². The zero-order chi connectivity index (χ0) is 22.9. The number of aliphatic hydroxyl groups excluding tert-OH is 2. The molecule has 1 saturated heterocycles. The van der Waals surface area contributed by atoms with Crippen LogP contribution in [0, 0.1) is 0 Å². The summed E-state index contributed by atoms with van der Waals surface area (Å²) >= 11 is 0. The Hall–Kier alpha value is -2.58. The summed E-state index contributed by atoms with van der Waals surface area (Å²) in [4.78, 5) is 0. The highest BCUT2D eigenvalue weighted by Crippen LogP contribution is 2.26. The molecule has 1 heterocycles. The van der Waals surface area contributed by atoms with Crippen LogP contribution in [0.2, 0.25) is 0 Å². The smallest absolute Gasteiger partial charge is 0.187 e. The molecule has 1 aliphatic rings. The fraction of sp³-hybridized carbons (Fsp3) is 0.333. The number of rotatable bonds is 10. The molecular weight excluding hydrogens is 420 g/mol. The first-order chi connectivity index (χ1) is 16.2. The fourth-order valence-corrected chi connectivity index (χ4v) is 3.77. The molecule has 2 N–H and O–H groups in total. The highest BCUT2D eigenvalue weighted by Gasteiger charge is 2.46. The molecule has 4 rings (SSSR count). The lowest BCUT2D eigenvalue weighted by atomic mass is 9.98. The number of aliphatic hydroxyl groups is 2. The van der Waals surface area contributed by atoms with E-state index in [0.29, 0.717) is 6.61 Å². The zero-order valence-electron chi connectivity index (χ0n) is 18.4. The SMILES string of the molecule is OC1[C@H](OCc2ccccc2)OC(COCc2ccccc2)[C@@H](OCc2ccccc2)[C@@H]1O. The highest BCUT2D eigenvalue weighted by molar-refractivity contribution is 5.15. The van der Waals surface area contributed by atoms with Crippen molar-refractivity contribution in [3.05, 3.63) is 108 Å². The first-order valence-corrected chi connectivity index (χ1v) is 11.1. The van der Waals surface area contributed by atoms with Crippen LogP contribution in [0.1, 0.15) is 16.7 Å². The molecule has 0 radical (unpaired) electrons. The molecule has 33 heavy (non-hydrogen) atoms. The van der Waals surface area contributed by atoms with E-state index in [0.717, 1.165) is 16.7 Å². The van der Waals surface area contributed by atoms with E-state index < -0.39 is 30.7 Å². The predicted molar refractivity (Wildman–Crippen MR) is 123 cm³/mol. The van der Waals surface area contributed by atoms with Crippen molar-refractivity contribution < 1.29 is 29.2 Å². The van der Waals surface area contributed by atoms with Gasteiger partial charge in [0, 0.05) is 0 Å². The van der Waals surface area contributed by atoms with Gasteiger partial charge in [0.05, 0.1) is 26.4 Å². The van der Waals surface area contributed by atoms with Gasteiger partial charge in [-0.15, -0.1) is 0 Å². The second-order valence-electron chi connectivity index (χ2n) is 8.08. The van der Waals surface area contributed by atoms with E-state index in [1.54, 1.807) is 0 Å². The summed E-state index contributed by atoms with van der Waals surface area (Å²) in [5, 5.41) is 21.6. The van der Waals surface area contributed by atoms with Gasteiger partial charge in [-0.3, -0.25) is 0 Å². The van der Waals surface area contributed by atoms with Crippen molar-refractivity contribution in [2.24, 2.45) is 0 Å². The summed E-state index contributed by atoms with van der Waals surface area (Å²) in [5.74, 6) is 0. The maximum absolute atomic E-state index is 10.9. The molecule has 174 valence electrons. The third-order valence-electron chi connectivity index (χ3n) is 5.58. The molecular formula is C27H30O6. The Bertz CT molecular complexity index is 937. The quantitative estimate of drug-likeness (QED) is 0.493. The Morgan fingerprint density at radius 1 is 0.606 bits per heavy atom. The lowest BCUT2D eigenvalue weighted by molar-refractivity contribution is -0.313. The lowest BCUT2D eigenvalue weighted by Crippen LogP contribution is -2.60. The van der Waals surface area contributed by atoms with E-state index in [2.05, 4.69) is 0 Å². The van der Waals surface area contributed by atoms with Crippen molar-refractivity contribution >= 4 is 0 Å². The van der Waals surface area contributed by atoms with E-state index in [9.17, 15) is 10.2 Å². The Morgan fingerprint density at radius 3 is 1.64 bits per heavy atom. The van der Waals surface area contributed by atoms with Crippen molar-refractivity contribution in [2.45, 2.75) is 50.5 Å². The van der Waals surface area contributed by atoms with Gasteiger partial charge in [-0.05, 0) is 16.7 Å². The molecule has 0 spiro atoms. The average Bonchev–Trinajstić information content (AvgIpc) is 2.87. The lowest BCUT2D eigenvalue weighted by Gasteiger charge is -2.42. The second-order valence-corrected chi connectivity index (χ2v) is 8.08. The van der Waals surface area contributed by atoms with Crippen LogP contribution in [0.25, 0.3) is 0 Å². The molecule has 0 aliphatic carbocycles. The number of ether oxygens (including phenoxy) is 4. The zero-order valence-corrected chi connectivity index (χ0v) is 18.4. The van der Waals surface area contributed by atoms with Crippen LogP contribution in [0.15, 0.2) is 91.0 Å². The molecule has 2 unspecified atom stereocenters. The minimum Gasteiger partial charge on any atom is -0.387 e. The van der Waals surface area contributed by atoms with E-state index in [4.69, 9.17) is 18.9 Å². The van der Waals surface area contributed by atoms with Crippen molar-refractivity contribution in [2.75, 3.05) is 6.61 Å². The monoisotopic (exact) mass is 450 g/mol. The van der Waals surface area contributed by atoms with Crippen LogP contribution in [-0.2, 0) is 38.8 Å². The third-order valence-corrected chi connectivity index (χ3v) is 5.58. The van der Waals surface area contributed by atoms with Gasteiger partial charge in [0.2, 0.25) is 0 Å². The van der Waals surface area contributed by atoms with Crippen LogP contribution in [0.3, 0.4) is 0 Å². The second kappa shape index (κ2) is 12.0. The van der Waals surface area contributed by atoms with Gasteiger partial charge in [0.25, 0.3) is 0 Å². The minimum atomic E-state index is -1.25. The molecule has 3 aromatic carbocycles. The van der Waals surface area contributed by atoms with E-state index >= 15 is 0 Å². The first kappa shape index (κ1) is 23.6. The van der Waals surface area contributed by atoms with Gasteiger partial charge in [0.15, 0.2) is 6.29 Å². The summed E-state index contributed by atoms with van der Waals surface area (Å²) < 4.78 is 23.8. The molecule has 1 fully saturated rings. The highest BCUT2D eigenvalue weighted by atomic mass is 16.7. The van der Waals surface area contributed by atoms with Crippen LogP contribution in [0.5, 0.6) is 0 Å². The number of hydrogen-bond acceptors (Lipinski definition) is 6. The van der Waals surface area contributed by atoms with Gasteiger partial charge in [-0.25, -0.2) is 0 Å². The van der Waals surface area contributed by atoms with Crippen LogP contribution >= 0.6 is 0 Å². The maximum atomic E-state index is 10.9. The molecule has 6 heteroatoms. The van der Waals surface area contributed by atoms with Gasteiger partial charge in [-0.2, -0.15) is 0 Å². The van der Waals surface area contributed by atoms with Crippen molar-refractivity contribution in [1.82, 2.24) is 0 Å². The summed E-state index contributed by atoms with van der Waals surface area (Å²) in [7, 11) is 0. The van der Waals surface area contributed by atoms with E-state index in [1.807, 2.05) is 91.0 Å². The number of hydrogen-bond donors (Lipinski definition) is 2. The van der Waals surface area contributed by atoms with E-state index in [1.165, 1.54) is 0 Å². The average molecular weight is 451 g/mol. The fourth-order valence-electron chi connectivity index (χ4n) is 3.77. The standard InChI is InChI=1S/C27H30O6/c28-24-25(29)27(32-18-22-14-8-3-9-15-22)33-23(19-30-16-20-10-4-1-5-11-20)26(24)31-17-21-12-6-2-7-13-21/h1-15,23-29H,16-19H2/t23?,24-,25?,26-,27-/m1/s1. The number of benzene rings is 3. The van der Waals surface area contributed by atoms with Crippen molar-refractivity contribution in [1.29, 1.82) is 0 Å². The molecule has 0 saturated carbocycles. The molecule has 5 atom stereocenters. The van der Waals surface area contributed by atoms with Crippen LogP contribution in [-0.4, -0.2) is 47.5 Å². The van der Waals surface area contributed by atoms with Crippen LogP contribution in [0.4, 0.5) is 0 Å². The van der Waals surface area contributed by atoms with Gasteiger partial charge in [0.1, 0.15) is 24.4 Å².